The molecule has 3 heteroatoms. The van der Waals surface area contributed by atoms with Crippen molar-refractivity contribution in [3.63, 3.8) is 0 Å². The van der Waals surface area contributed by atoms with Gasteiger partial charge in [0.05, 0.1) is 13.2 Å². The Morgan fingerprint density at radius 1 is 1.15 bits per heavy atom. The largest absolute Gasteiger partial charge is 0.490 e. The van der Waals surface area contributed by atoms with Gasteiger partial charge in [-0.2, -0.15) is 0 Å². The number of nitrogens with one attached hydrogen (secondary N) is 1. The molecule has 0 spiro atoms. The molecule has 0 bridgehead atoms. The Bertz CT molecular complexity index is 545. The number of ether oxygens (including phenoxy) is 1. The zero-order chi connectivity index (χ0) is 14.4. The Hall–Kier alpha value is -1.48. The molecule has 3 nitrogen and oxygen atoms in total. The summed E-state index contributed by atoms with van der Waals surface area (Å²) in [6.07, 6.45) is 3.11. The van der Waals surface area contributed by atoms with Crippen molar-refractivity contribution in [2.75, 3.05) is 13.2 Å². The highest BCUT2D eigenvalue weighted by Crippen LogP contribution is 2.33. The van der Waals surface area contributed by atoms with Crippen molar-refractivity contribution in [1.82, 2.24) is 5.32 Å². The molecule has 2 rings (SSSR count). The fourth-order valence-corrected chi connectivity index (χ4v) is 2.43. The minimum atomic E-state index is 0.727. The minimum Gasteiger partial charge on any atom is -0.490 e. The van der Waals surface area contributed by atoms with E-state index in [0.29, 0.717) is 0 Å². The molecule has 0 aliphatic rings. The smallest absolute Gasteiger partial charge is 0.176 e. The lowest BCUT2D eigenvalue weighted by Gasteiger charge is -2.04. The van der Waals surface area contributed by atoms with Crippen molar-refractivity contribution < 1.29 is 9.15 Å². The molecule has 1 aromatic carbocycles. The van der Waals surface area contributed by atoms with Crippen LogP contribution in [0.4, 0.5) is 0 Å². The Kier molecular flexibility index (Phi) is 5.48. The normalized spacial score (nSPS) is 11.2. The Labute approximate surface area is 121 Å². The SMILES string of the molecule is CCCNCc1oc2c(OCCC)cccc2c1CC. The first-order valence-corrected chi connectivity index (χ1v) is 7.68. The molecule has 0 atom stereocenters. The lowest BCUT2D eigenvalue weighted by atomic mass is 10.1. The van der Waals surface area contributed by atoms with Crippen molar-refractivity contribution in [3.05, 3.63) is 29.5 Å². The first-order chi connectivity index (χ1) is 9.81. The molecule has 0 amide bonds. The average Bonchev–Trinajstić information content (AvgIpc) is 2.83. The van der Waals surface area contributed by atoms with Crippen LogP contribution < -0.4 is 10.1 Å². The van der Waals surface area contributed by atoms with Gasteiger partial charge in [0, 0.05) is 10.9 Å². The van der Waals surface area contributed by atoms with Crippen molar-refractivity contribution >= 4 is 11.0 Å². The third kappa shape index (κ3) is 3.15. The number of rotatable bonds is 8. The standard InChI is InChI=1S/C17H25NO2/c1-4-10-18-12-16-13(6-3)14-8-7-9-15(17(14)20-16)19-11-5-2/h7-9,18H,4-6,10-12H2,1-3H3. The summed E-state index contributed by atoms with van der Waals surface area (Å²) in [7, 11) is 0. The number of furan rings is 1. The highest BCUT2D eigenvalue weighted by Gasteiger charge is 2.15. The van der Waals surface area contributed by atoms with Gasteiger partial charge in [-0.15, -0.1) is 0 Å². The maximum Gasteiger partial charge on any atom is 0.176 e. The number of hydrogen-bond donors (Lipinski definition) is 1. The molecule has 0 saturated carbocycles. The van der Waals surface area contributed by atoms with Gasteiger partial charge in [0.1, 0.15) is 5.76 Å². The van der Waals surface area contributed by atoms with Crippen LogP contribution in [0.5, 0.6) is 5.75 Å². The summed E-state index contributed by atoms with van der Waals surface area (Å²) in [5, 5.41) is 4.60. The van der Waals surface area contributed by atoms with Gasteiger partial charge in [0.25, 0.3) is 0 Å². The van der Waals surface area contributed by atoms with Crippen LogP contribution in [0.2, 0.25) is 0 Å². The van der Waals surface area contributed by atoms with Crippen molar-refractivity contribution in [1.29, 1.82) is 0 Å². The maximum absolute atomic E-state index is 6.08. The summed E-state index contributed by atoms with van der Waals surface area (Å²) in [6, 6.07) is 6.16. The number of fused-ring (bicyclic) bond motifs is 1. The quantitative estimate of drug-likeness (QED) is 0.730. The summed E-state index contributed by atoms with van der Waals surface area (Å²) in [5.41, 5.74) is 2.19. The molecular formula is C17H25NO2. The third-order valence-corrected chi connectivity index (χ3v) is 3.39. The molecule has 0 aliphatic heterocycles. The molecule has 2 aromatic rings. The summed E-state index contributed by atoms with van der Waals surface area (Å²) in [5.74, 6) is 1.91. The Balaban J connectivity index is 2.33. The second-order valence-electron chi connectivity index (χ2n) is 5.02. The second-order valence-corrected chi connectivity index (χ2v) is 5.02. The molecule has 0 unspecified atom stereocenters. The van der Waals surface area contributed by atoms with Crippen molar-refractivity contribution in [2.45, 2.75) is 46.6 Å². The van der Waals surface area contributed by atoms with Gasteiger partial charge in [-0.25, -0.2) is 0 Å². The van der Waals surface area contributed by atoms with Gasteiger partial charge < -0.3 is 14.5 Å². The molecule has 0 radical (unpaired) electrons. The molecule has 20 heavy (non-hydrogen) atoms. The van der Waals surface area contributed by atoms with Crippen LogP contribution in [-0.4, -0.2) is 13.2 Å². The summed E-state index contributed by atoms with van der Waals surface area (Å²) >= 11 is 0. The topological polar surface area (TPSA) is 34.4 Å². The van der Waals surface area contributed by atoms with E-state index in [1.165, 1.54) is 10.9 Å². The molecule has 0 saturated heterocycles. The highest BCUT2D eigenvalue weighted by molar-refractivity contribution is 5.87. The van der Waals surface area contributed by atoms with Gasteiger partial charge in [-0.05, 0) is 31.9 Å². The van der Waals surface area contributed by atoms with Crippen LogP contribution in [0.25, 0.3) is 11.0 Å². The van der Waals surface area contributed by atoms with Crippen LogP contribution in [0.1, 0.15) is 44.9 Å². The minimum absolute atomic E-state index is 0.727. The van der Waals surface area contributed by atoms with Gasteiger partial charge in [-0.1, -0.05) is 32.9 Å². The molecule has 0 fully saturated rings. The van der Waals surface area contributed by atoms with E-state index in [0.717, 1.165) is 56.1 Å². The van der Waals surface area contributed by atoms with Crippen molar-refractivity contribution in [2.24, 2.45) is 0 Å². The molecular weight excluding hydrogens is 250 g/mol. The zero-order valence-electron chi connectivity index (χ0n) is 12.8. The molecule has 110 valence electrons. The van der Waals surface area contributed by atoms with E-state index in [4.69, 9.17) is 9.15 Å². The lowest BCUT2D eigenvalue weighted by Crippen LogP contribution is -2.14. The number of para-hydroxylation sites is 1. The third-order valence-electron chi connectivity index (χ3n) is 3.39. The number of hydrogen-bond acceptors (Lipinski definition) is 3. The molecule has 0 aliphatic carbocycles. The van der Waals surface area contributed by atoms with Crippen LogP contribution in [0.3, 0.4) is 0 Å². The molecule has 1 N–H and O–H groups in total. The number of aryl methyl sites for hydroxylation is 1. The Morgan fingerprint density at radius 2 is 2.00 bits per heavy atom. The van der Waals surface area contributed by atoms with E-state index in [-0.39, 0.29) is 0 Å². The average molecular weight is 275 g/mol. The summed E-state index contributed by atoms with van der Waals surface area (Å²) in [6.45, 7) is 8.99. The first-order valence-electron chi connectivity index (χ1n) is 7.68. The van der Waals surface area contributed by atoms with Crippen LogP contribution in [0, 0.1) is 0 Å². The van der Waals surface area contributed by atoms with Crippen LogP contribution in [-0.2, 0) is 13.0 Å². The molecule has 1 aromatic heterocycles. The first kappa shape index (κ1) is 14.9. The van der Waals surface area contributed by atoms with E-state index in [9.17, 15) is 0 Å². The van der Waals surface area contributed by atoms with Crippen molar-refractivity contribution in [3.8, 4) is 5.75 Å². The van der Waals surface area contributed by atoms with E-state index >= 15 is 0 Å². The fraction of sp³-hybridized carbons (Fsp3) is 0.529. The van der Waals surface area contributed by atoms with Gasteiger partial charge in [0.2, 0.25) is 0 Å². The summed E-state index contributed by atoms with van der Waals surface area (Å²) in [4.78, 5) is 0. The van der Waals surface area contributed by atoms with Crippen LogP contribution >= 0.6 is 0 Å². The van der Waals surface area contributed by atoms with Gasteiger partial charge in [0.15, 0.2) is 11.3 Å². The monoisotopic (exact) mass is 275 g/mol. The van der Waals surface area contributed by atoms with E-state index in [1.54, 1.807) is 0 Å². The van der Waals surface area contributed by atoms with Gasteiger partial charge in [-0.3, -0.25) is 0 Å². The molecule has 1 heterocycles. The van der Waals surface area contributed by atoms with E-state index in [1.807, 2.05) is 12.1 Å². The highest BCUT2D eigenvalue weighted by atomic mass is 16.5. The van der Waals surface area contributed by atoms with E-state index in [2.05, 4.69) is 32.2 Å². The predicted molar refractivity (Wildman–Crippen MR) is 83.4 cm³/mol. The zero-order valence-corrected chi connectivity index (χ0v) is 12.8. The summed E-state index contributed by atoms with van der Waals surface area (Å²) < 4.78 is 11.9. The van der Waals surface area contributed by atoms with Crippen LogP contribution in [0.15, 0.2) is 22.6 Å². The number of benzene rings is 1. The Morgan fingerprint density at radius 3 is 2.70 bits per heavy atom. The lowest BCUT2D eigenvalue weighted by molar-refractivity contribution is 0.315. The maximum atomic E-state index is 6.08. The predicted octanol–water partition coefficient (Wildman–Crippen LogP) is 4.28. The fourth-order valence-electron chi connectivity index (χ4n) is 2.43. The van der Waals surface area contributed by atoms with Gasteiger partial charge >= 0.3 is 0 Å². The van der Waals surface area contributed by atoms with E-state index < -0.39 is 0 Å². The second kappa shape index (κ2) is 7.34.